The summed E-state index contributed by atoms with van der Waals surface area (Å²) in [6.07, 6.45) is 3.09. The number of nitrogens with zero attached hydrogens (tertiary/aromatic N) is 2. The monoisotopic (exact) mass is 320 g/mol. The zero-order valence-corrected chi connectivity index (χ0v) is 11.8. The number of carboxylic acids is 1. The lowest BCUT2D eigenvalue weighted by Gasteiger charge is -2.06. The van der Waals surface area contributed by atoms with E-state index in [0.29, 0.717) is 6.04 Å². The topological polar surface area (TPSA) is 55.1 Å². The number of carbonyl (C=O) groups is 1. The Bertz CT molecular complexity index is 690. The van der Waals surface area contributed by atoms with E-state index >= 15 is 0 Å². The second kappa shape index (κ2) is 3.82. The Morgan fingerprint density at radius 1 is 1.42 bits per heavy atom. The number of fused-ring (bicyclic) bond motifs is 1. The van der Waals surface area contributed by atoms with Gasteiger partial charge in [-0.3, -0.25) is 4.79 Å². The van der Waals surface area contributed by atoms with Crippen LogP contribution in [0.4, 0.5) is 0 Å². The minimum absolute atomic E-state index is 0.101. The van der Waals surface area contributed by atoms with Crippen LogP contribution < -0.4 is 0 Å². The fourth-order valence-corrected chi connectivity index (χ4v) is 3.17. The number of hydrogen-bond acceptors (Lipinski definition) is 2. The van der Waals surface area contributed by atoms with Crippen LogP contribution in [-0.2, 0) is 4.79 Å². The van der Waals surface area contributed by atoms with E-state index < -0.39 is 5.97 Å². The summed E-state index contributed by atoms with van der Waals surface area (Å²) in [6.45, 7) is 0. The fraction of sp³-hybridized carbons (Fsp3) is 0.429. The average Bonchev–Trinajstić information content (AvgIpc) is 3.25. The van der Waals surface area contributed by atoms with Crippen LogP contribution >= 0.6 is 15.9 Å². The van der Waals surface area contributed by atoms with Crippen LogP contribution in [0, 0.1) is 5.92 Å². The molecule has 5 heteroatoms. The third-order valence-corrected chi connectivity index (χ3v) is 4.52. The summed E-state index contributed by atoms with van der Waals surface area (Å²) in [6, 6.07) is 6.63. The Kier molecular flexibility index (Phi) is 2.31. The van der Waals surface area contributed by atoms with Gasteiger partial charge in [0.05, 0.1) is 17.0 Å². The maximum atomic E-state index is 11.1. The van der Waals surface area contributed by atoms with E-state index in [1.165, 1.54) is 12.8 Å². The van der Waals surface area contributed by atoms with Crippen molar-refractivity contribution in [3.8, 4) is 0 Å². The second-order valence-electron chi connectivity index (χ2n) is 5.49. The summed E-state index contributed by atoms with van der Waals surface area (Å²) in [4.78, 5) is 15.8. The maximum Gasteiger partial charge on any atom is 0.307 e. The van der Waals surface area contributed by atoms with Crippen LogP contribution in [0.2, 0.25) is 0 Å². The Balaban J connectivity index is 1.85. The Morgan fingerprint density at radius 3 is 2.84 bits per heavy atom. The first-order chi connectivity index (χ1) is 9.15. The zero-order valence-electron chi connectivity index (χ0n) is 10.2. The third kappa shape index (κ3) is 1.79. The van der Waals surface area contributed by atoms with Crippen molar-refractivity contribution in [3.63, 3.8) is 0 Å². The molecule has 0 amide bonds. The smallest absolute Gasteiger partial charge is 0.307 e. The van der Waals surface area contributed by atoms with Gasteiger partial charge in [-0.2, -0.15) is 0 Å². The van der Waals surface area contributed by atoms with Gasteiger partial charge in [0.25, 0.3) is 0 Å². The largest absolute Gasteiger partial charge is 0.481 e. The lowest BCUT2D eigenvalue weighted by atomic mass is 10.3. The molecule has 2 fully saturated rings. The van der Waals surface area contributed by atoms with Gasteiger partial charge in [-0.25, -0.2) is 4.98 Å². The molecule has 0 saturated heterocycles. The van der Waals surface area contributed by atoms with Gasteiger partial charge in [-0.15, -0.1) is 0 Å². The highest BCUT2D eigenvalue weighted by Crippen LogP contribution is 2.50. The van der Waals surface area contributed by atoms with E-state index in [9.17, 15) is 4.79 Å². The number of rotatable bonds is 3. The molecule has 0 radical (unpaired) electrons. The molecular formula is C14H13BrN2O2. The number of benzene rings is 1. The molecule has 2 aromatic rings. The standard InChI is InChI=1S/C14H13BrN2O2/c15-7-1-4-12-11(5-7)16-13(17(12)8-2-3-8)9-6-10(9)14(18)19/h1,4-5,8-10H,2-3,6H2,(H,18,19). The van der Waals surface area contributed by atoms with E-state index in [1.54, 1.807) is 0 Å². The second-order valence-corrected chi connectivity index (χ2v) is 6.41. The van der Waals surface area contributed by atoms with Gasteiger partial charge >= 0.3 is 5.97 Å². The van der Waals surface area contributed by atoms with Crippen LogP contribution in [-0.4, -0.2) is 20.6 Å². The number of carboxylic acid groups (broad SMARTS) is 1. The Hall–Kier alpha value is -1.36. The van der Waals surface area contributed by atoms with Gasteiger partial charge in [0.1, 0.15) is 5.82 Å². The molecule has 19 heavy (non-hydrogen) atoms. The van der Waals surface area contributed by atoms with Crippen LogP contribution in [0.3, 0.4) is 0 Å². The molecule has 2 saturated carbocycles. The van der Waals surface area contributed by atoms with Gasteiger partial charge in [-0.05, 0) is 37.5 Å². The summed E-state index contributed by atoms with van der Waals surface area (Å²) >= 11 is 3.46. The molecule has 1 aromatic heterocycles. The predicted molar refractivity (Wildman–Crippen MR) is 74.2 cm³/mol. The fourth-order valence-electron chi connectivity index (χ4n) is 2.82. The lowest BCUT2D eigenvalue weighted by molar-refractivity contribution is -0.138. The molecule has 2 aliphatic carbocycles. The highest BCUT2D eigenvalue weighted by atomic mass is 79.9. The normalized spacial score (nSPS) is 25.7. The summed E-state index contributed by atoms with van der Waals surface area (Å²) in [5.41, 5.74) is 2.10. The van der Waals surface area contributed by atoms with E-state index in [-0.39, 0.29) is 11.8 Å². The van der Waals surface area contributed by atoms with Gasteiger partial charge in [0.15, 0.2) is 0 Å². The molecule has 1 aromatic carbocycles. The quantitative estimate of drug-likeness (QED) is 0.943. The van der Waals surface area contributed by atoms with Crippen LogP contribution in [0.5, 0.6) is 0 Å². The van der Waals surface area contributed by atoms with E-state index in [4.69, 9.17) is 10.1 Å². The minimum Gasteiger partial charge on any atom is -0.481 e. The first kappa shape index (κ1) is 11.5. The van der Waals surface area contributed by atoms with Crippen molar-refractivity contribution in [2.24, 2.45) is 5.92 Å². The van der Waals surface area contributed by atoms with E-state index in [2.05, 4.69) is 26.6 Å². The molecule has 2 unspecified atom stereocenters. The van der Waals surface area contributed by atoms with Crippen LogP contribution in [0.1, 0.15) is 37.0 Å². The van der Waals surface area contributed by atoms with Crippen molar-refractivity contribution >= 4 is 32.9 Å². The number of halogens is 1. The first-order valence-corrected chi connectivity index (χ1v) is 7.34. The summed E-state index contributed by atoms with van der Waals surface area (Å²) in [5, 5.41) is 9.10. The molecule has 1 N–H and O–H groups in total. The van der Waals surface area contributed by atoms with Gasteiger partial charge < -0.3 is 9.67 Å². The van der Waals surface area contributed by atoms with Crippen LogP contribution in [0.15, 0.2) is 22.7 Å². The maximum absolute atomic E-state index is 11.1. The third-order valence-electron chi connectivity index (χ3n) is 4.03. The summed E-state index contributed by atoms with van der Waals surface area (Å²) < 4.78 is 3.28. The van der Waals surface area contributed by atoms with E-state index in [0.717, 1.165) is 27.8 Å². The van der Waals surface area contributed by atoms with Crippen molar-refractivity contribution in [2.45, 2.75) is 31.2 Å². The predicted octanol–water partition coefficient (Wildman–Crippen LogP) is 3.32. The molecular weight excluding hydrogens is 308 g/mol. The van der Waals surface area contributed by atoms with Gasteiger partial charge in [0, 0.05) is 16.4 Å². The molecule has 4 rings (SSSR count). The number of hydrogen-bond donors (Lipinski definition) is 1. The average molecular weight is 321 g/mol. The van der Waals surface area contributed by atoms with Gasteiger partial charge in [-0.1, -0.05) is 15.9 Å². The van der Waals surface area contributed by atoms with Crippen molar-refractivity contribution in [2.75, 3.05) is 0 Å². The van der Waals surface area contributed by atoms with Crippen molar-refractivity contribution in [1.82, 2.24) is 9.55 Å². The Labute approximate surface area is 118 Å². The Morgan fingerprint density at radius 2 is 2.21 bits per heavy atom. The highest BCUT2D eigenvalue weighted by Gasteiger charge is 2.48. The SMILES string of the molecule is O=C(O)C1CC1c1nc2cc(Br)ccc2n1C1CC1. The molecule has 0 bridgehead atoms. The number of imidazole rings is 1. The molecule has 1 heterocycles. The van der Waals surface area contributed by atoms with Crippen molar-refractivity contribution in [3.05, 3.63) is 28.5 Å². The molecule has 2 aliphatic rings. The van der Waals surface area contributed by atoms with Crippen molar-refractivity contribution in [1.29, 1.82) is 0 Å². The summed E-state index contributed by atoms with van der Waals surface area (Å²) in [7, 11) is 0. The molecule has 0 aliphatic heterocycles. The summed E-state index contributed by atoms with van der Waals surface area (Å²) in [5.74, 6) is 0.144. The highest BCUT2D eigenvalue weighted by molar-refractivity contribution is 9.10. The minimum atomic E-state index is -0.694. The number of aromatic nitrogens is 2. The zero-order chi connectivity index (χ0) is 13.1. The first-order valence-electron chi connectivity index (χ1n) is 6.55. The number of aliphatic carboxylic acids is 1. The van der Waals surface area contributed by atoms with Crippen molar-refractivity contribution < 1.29 is 9.90 Å². The lowest BCUT2D eigenvalue weighted by Crippen LogP contribution is -2.04. The molecule has 2 atom stereocenters. The molecule has 98 valence electrons. The molecule has 0 spiro atoms. The van der Waals surface area contributed by atoms with E-state index in [1.807, 2.05) is 12.1 Å². The van der Waals surface area contributed by atoms with Crippen LogP contribution in [0.25, 0.3) is 11.0 Å². The van der Waals surface area contributed by atoms with Gasteiger partial charge in [0.2, 0.25) is 0 Å². The molecule has 4 nitrogen and oxygen atoms in total.